The normalized spacial score (nSPS) is 14.0. The predicted molar refractivity (Wildman–Crippen MR) is 82.4 cm³/mol. The maximum absolute atomic E-state index is 13.5. The van der Waals surface area contributed by atoms with Gasteiger partial charge in [-0.2, -0.15) is 0 Å². The van der Waals surface area contributed by atoms with Crippen molar-refractivity contribution < 1.29 is 13.9 Å². The van der Waals surface area contributed by atoms with Crippen molar-refractivity contribution in [2.24, 2.45) is 17.1 Å². The van der Waals surface area contributed by atoms with Gasteiger partial charge in [0.15, 0.2) is 0 Å². The van der Waals surface area contributed by atoms with E-state index in [0.717, 1.165) is 11.1 Å². The second-order valence-electron chi connectivity index (χ2n) is 6.05. The standard InChI is InChI=1S/C17H26FNO2/c1-5-21-16(20)17(11-19,9-12(2)3)10-14-8-15(18)7-6-13(14)4/h6-8,12H,5,9-11,19H2,1-4H3. The molecule has 0 bridgehead atoms. The van der Waals surface area contributed by atoms with Crippen molar-refractivity contribution in [2.45, 2.75) is 40.5 Å². The molecule has 0 saturated heterocycles. The lowest BCUT2D eigenvalue weighted by Gasteiger charge is -2.32. The molecule has 0 aliphatic heterocycles. The number of carbonyl (C=O) groups is 1. The van der Waals surface area contributed by atoms with E-state index in [1.54, 1.807) is 13.0 Å². The first-order valence-corrected chi connectivity index (χ1v) is 7.47. The SMILES string of the molecule is CCOC(=O)C(CN)(Cc1cc(F)ccc1C)CC(C)C. The summed E-state index contributed by atoms with van der Waals surface area (Å²) in [6.07, 6.45) is 1.03. The smallest absolute Gasteiger partial charge is 0.313 e. The maximum atomic E-state index is 13.5. The molecule has 21 heavy (non-hydrogen) atoms. The third kappa shape index (κ3) is 4.53. The molecule has 1 aromatic rings. The minimum absolute atomic E-state index is 0.194. The summed E-state index contributed by atoms with van der Waals surface area (Å²) in [6.45, 7) is 8.30. The number of rotatable bonds is 7. The number of halogens is 1. The third-order valence-corrected chi connectivity index (χ3v) is 3.74. The molecule has 0 heterocycles. The average Bonchev–Trinajstić information content (AvgIpc) is 2.41. The topological polar surface area (TPSA) is 52.3 Å². The minimum atomic E-state index is -0.789. The molecule has 1 aromatic carbocycles. The summed E-state index contributed by atoms with van der Waals surface area (Å²) < 4.78 is 18.7. The summed E-state index contributed by atoms with van der Waals surface area (Å²) in [5, 5.41) is 0. The molecule has 0 amide bonds. The summed E-state index contributed by atoms with van der Waals surface area (Å²) >= 11 is 0. The average molecular weight is 295 g/mol. The maximum Gasteiger partial charge on any atom is 0.313 e. The number of carbonyl (C=O) groups excluding carboxylic acids is 1. The van der Waals surface area contributed by atoms with Gasteiger partial charge in [0.05, 0.1) is 12.0 Å². The van der Waals surface area contributed by atoms with E-state index < -0.39 is 5.41 Å². The first-order valence-electron chi connectivity index (χ1n) is 7.47. The van der Waals surface area contributed by atoms with Gasteiger partial charge in [-0.25, -0.2) is 4.39 Å². The van der Waals surface area contributed by atoms with Gasteiger partial charge in [0.25, 0.3) is 0 Å². The molecule has 0 aliphatic rings. The van der Waals surface area contributed by atoms with E-state index in [2.05, 4.69) is 0 Å². The number of aryl methyl sites for hydroxylation is 1. The van der Waals surface area contributed by atoms with Crippen molar-refractivity contribution in [3.05, 3.63) is 35.1 Å². The summed E-state index contributed by atoms with van der Waals surface area (Å²) in [4.78, 5) is 12.4. The van der Waals surface area contributed by atoms with Crippen LogP contribution < -0.4 is 5.73 Å². The van der Waals surface area contributed by atoms with E-state index >= 15 is 0 Å². The summed E-state index contributed by atoms with van der Waals surface area (Å²) in [6, 6.07) is 4.64. The zero-order valence-electron chi connectivity index (χ0n) is 13.4. The zero-order chi connectivity index (χ0) is 16.0. The third-order valence-electron chi connectivity index (χ3n) is 3.74. The molecule has 0 aliphatic carbocycles. The number of esters is 1. The Morgan fingerprint density at radius 1 is 1.43 bits per heavy atom. The Hall–Kier alpha value is -1.42. The van der Waals surface area contributed by atoms with Crippen LogP contribution in [0.5, 0.6) is 0 Å². The molecule has 4 heteroatoms. The number of ether oxygens (including phenoxy) is 1. The van der Waals surface area contributed by atoms with Crippen LogP contribution in [0.4, 0.5) is 4.39 Å². The van der Waals surface area contributed by atoms with E-state index in [4.69, 9.17) is 10.5 Å². The van der Waals surface area contributed by atoms with Gasteiger partial charge < -0.3 is 10.5 Å². The van der Waals surface area contributed by atoms with Crippen LogP contribution in [0.3, 0.4) is 0 Å². The van der Waals surface area contributed by atoms with Gasteiger partial charge in [0.1, 0.15) is 5.82 Å². The highest BCUT2D eigenvalue weighted by Gasteiger charge is 2.39. The fourth-order valence-electron chi connectivity index (χ4n) is 2.73. The van der Waals surface area contributed by atoms with Crippen LogP contribution in [0.2, 0.25) is 0 Å². The number of benzene rings is 1. The fourth-order valence-corrected chi connectivity index (χ4v) is 2.73. The highest BCUT2D eigenvalue weighted by molar-refractivity contribution is 5.77. The Balaban J connectivity index is 3.16. The molecule has 1 unspecified atom stereocenters. The highest BCUT2D eigenvalue weighted by atomic mass is 19.1. The highest BCUT2D eigenvalue weighted by Crippen LogP contribution is 2.33. The predicted octanol–water partition coefficient (Wildman–Crippen LogP) is 3.23. The molecule has 118 valence electrons. The molecule has 0 aromatic heterocycles. The van der Waals surface area contributed by atoms with Crippen LogP contribution in [-0.4, -0.2) is 19.1 Å². The second kappa shape index (κ2) is 7.55. The molecule has 2 N–H and O–H groups in total. The minimum Gasteiger partial charge on any atom is -0.466 e. The molecule has 0 spiro atoms. The molecular formula is C17H26FNO2. The van der Waals surface area contributed by atoms with Gasteiger partial charge in [-0.05, 0) is 55.9 Å². The van der Waals surface area contributed by atoms with Gasteiger partial charge in [-0.3, -0.25) is 4.79 Å². The molecule has 3 nitrogen and oxygen atoms in total. The van der Waals surface area contributed by atoms with Crippen LogP contribution in [0.25, 0.3) is 0 Å². The van der Waals surface area contributed by atoms with Crippen LogP contribution in [0.15, 0.2) is 18.2 Å². The van der Waals surface area contributed by atoms with Gasteiger partial charge in [-0.15, -0.1) is 0 Å². The Morgan fingerprint density at radius 3 is 2.62 bits per heavy atom. The van der Waals surface area contributed by atoms with Crippen LogP contribution >= 0.6 is 0 Å². The number of nitrogens with two attached hydrogens (primary N) is 1. The monoisotopic (exact) mass is 295 g/mol. The Kier molecular flexibility index (Phi) is 6.34. The molecule has 0 radical (unpaired) electrons. The number of hydrogen-bond acceptors (Lipinski definition) is 3. The summed E-state index contributed by atoms with van der Waals surface area (Å²) in [5.74, 6) is -0.286. The molecule has 0 saturated carbocycles. The van der Waals surface area contributed by atoms with Crippen LogP contribution in [0, 0.1) is 24.1 Å². The Labute approximate surface area is 126 Å². The first-order chi connectivity index (χ1) is 9.84. The first kappa shape index (κ1) is 17.6. The lowest BCUT2D eigenvalue weighted by Crippen LogP contribution is -2.43. The zero-order valence-corrected chi connectivity index (χ0v) is 13.4. The van der Waals surface area contributed by atoms with E-state index in [9.17, 15) is 9.18 Å². The largest absolute Gasteiger partial charge is 0.466 e. The molecular weight excluding hydrogens is 269 g/mol. The van der Waals surface area contributed by atoms with E-state index in [0.29, 0.717) is 25.4 Å². The van der Waals surface area contributed by atoms with Crippen molar-refractivity contribution in [3.8, 4) is 0 Å². The Bertz CT molecular complexity index is 488. The van der Waals surface area contributed by atoms with Crippen LogP contribution in [0.1, 0.15) is 38.3 Å². The molecule has 0 fully saturated rings. The second-order valence-corrected chi connectivity index (χ2v) is 6.05. The van der Waals surface area contributed by atoms with Gasteiger partial charge in [0, 0.05) is 6.54 Å². The van der Waals surface area contributed by atoms with Crippen molar-refractivity contribution in [3.63, 3.8) is 0 Å². The lowest BCUT2D eigenvalue weighted by atomic mass is 9.74. The van der Waals surface area contributed by atoms with Gasteiger partial charge >= 0.3 is 5.97 Å². The van der Waals surface area contributed by atoms with E-state index in [1.807, 2.05) is 20.8 Å². The quantitative estimate of drug-likeness (QED) is 0.786. The summed E-state index contributed by atoms with van der Waals surface area (Å²) in [5.41, 5.74) is 6.91. The van der Waals surface area contributed by atoms with Crippen LogP contribution in [-0.2, 0) is 16.0 Å². The van der Waals surface area contributed by atoms with Gasteiger partial charge in [-0.1, -0.05) is 19.9 Å². The van der Waals surface area contributed by atoms with Gasteiger partial charge in [0.2, 0.25) is 0 Å². The van der Waals surface area contributed by atoms with Crippen molar-refractivity contribution in [1.82, 2.24) is 0 Å². The lowest BCUT2D eigenvalue weighted by molar-refractivity contribution is -0.156. The van der Waals surface area contributed by atoms with Crippen molar-refractivity contribution >= 4 is 5.97 Å². The fraction of sp³-hybridized carbons (Fsp3) is 0.588. The molecule has 1 atom stereocenters. The molecule has 1 rings (SSSR count). The van der Waals surface area contributed by atoms with Crippen molar-refractivity contribution in [2.75, 3.05) is 13.2 Å². The number of hydrogen-bond donors (Lipinski definition) is 1. The van der Waals surface area contributed by atoms with Crippen molar-refractivity contribution in [1.29, 1.82) is 0 Å². The summed E-state index contributed by atoms with van der Waals surface area (Å²) in [7, 11) is 0. The van der Waals surface area contributed by atoms with E-state index in [-0.39, 0.29) is 18.3 Å². The Morgan fingerprint density at radius 2 is 2.10 bits per heavy atom. The van der Waals surface area contributed by atoms with E-state index in [1.165, 1.54) is 12.1 Å².